The van der Waals surface area contributed by atoms with Gasteiger partial charge >= 0.3 is 0 Å². The van der Waals surface area contributed by atoms with E-state index in [-0.39, 0.29) is 5.78 Å². The van der Waals surface area contributed by atoms with E-state index < -0.39 is 0 Å². The van der Waals surface area contributed by atoms with Crippen molar-refractivity contribution < 1.29 is 9.53 Å². The van der Waals surface area contributed by atoms with Crippen molar-refractivity contribution in [1.82, 2.24) is 0 Å². The lowest BCUT2D eigenvalue weighted by Crippen LogP contribution is -1.96. The summed E-state index contributed by atoms with van der Waals surface area (Å²) in [5, 5.41) is 0. The number of hydrogen-bond acceptors (Lipinski definition) is 2. The van der Waals surface area contributed by atoms with Crippen LogP contribution < -0.4 is 0 Å². The predicted molar refractivity (Wildman–Crippen MR) is 45.5 cm³/mol. The first-order valence-electron chi connectivity index (χ1n) is 3.99. The summed E-state index contributed by atoms with van der Waals surface area (Å²) < 4.78 is 4.82. The summed E-state index contributed by atoms with van der Waals surface area (Å²) in [5.74, 6) is 0.198. The van der Waals surface area contributed by atoms with Crippen LogP contribution in [0.25, 0.3) is 0 Å². The lowest BCUT2D eigenvalue weighted by molar-refractivity contribution is -0.114. The summed E-state index contributed by atoms with van der Waals surface area (Å²) >= 11 is 0. The Morgan fingerprint density at radius 1 is 1.55 bits per heavy atom. The highest BCUT2D eigenvalue weighted by Gasteiger charge is 1.94. The summed E-state index contributed by atoms with van der Waals surface area (Å²) in [4.78, 5) is 10.9. The molecule has 0 amide bonds. The molecule has 0 fully saturated rings. The van der Waals surface area contributed by atoms with Gasteiger partial charge in [0, 0.05) is 20.1 Å². The molecular formula is C9H16O2. The Hall–Kier alpha value is -0.630. The van der Waals surface area contributed by atoms with Crippen molar-refractivity contribution >= 4 is 5.78 Å². The van der Waals surface area contributed by atoms with Crippen molar-refractivity contribution in [3.05, 3.63) is 12.2 Å². The zero-order valence-corrected chi connectivity index (χ0v) is 7.30. The third-order valence-corrected chi connectivity index (χ3v) is 1.31. The minimum atomic E-state index is 0.198. The number of hydrogen-bond donors (Lipinski definition) is 0. The van der Waals surface area contributed by atoms with Crippen LogP contribution in [0.3, 0.4) is 0 Å². The van der Waals surface area contributed by atoms with Crippen molar-refractivity contribution in [2.24, 2.45) is 0 Å². The SMILES string of the molecule is CC/C=C/C(=O)CCCOC. The van der Waals surface area contributed by atoms with E-state index in [0.717, 1.165) is 12.8 Å². The van der Waals surface area contributed by atoms with Gasteiger partial charge in [0.1, 0.15) is 0 Å². The number of ketones is 1. The maximum atomic E-state index is 10.9. The van der Waals surface area contributed by atoms with E-state index in [9.17, 15) is 4.79 Å². The molecule has 0 aromatic rings. The highest BCUT2D eigenvalue weighted by Crippen LogP contribution is 1.93. The Morgan fingerprint density at radius 3 is 2.82 bits per heavy atom. The average molecular weight is 156 g/mol. The van der Waals surface area contributed by atoms with E-state index in [1.807, 2.05) is 13.0 Å². The number of carbonyl (C=O) groups excluding carboxylic acids is 1. The molecule has 0 heterocycles. The minimum Gasteiger partial charge on any atom is -0.385 e. The minimum absolute atomic E-state index is 0.198. The van der Waals surface area contributed by atoms with Gasteiger partial charge in [-0.1, -0.05) is 13.0 Å². The van der Waals surface area contributed by atoms with Crippen LogP contribution in [0.15, 0.2) is 12.2 Å². The Kier molecular flexibility index (Phi) is 7.05. The van der Waals surface area contributed by atoms with Crippen molar-refractivity contribution in [3.63, 3.8) is 0 Å². The molecule has 0 saturated heterocycles. The summed E-state index contributed by atoms with van der Waals surface area (Å²) in [6.07, 6.45) is 5.88. The van der Waals surface area contributed by atoms with Crippen molar-refractivity contribution in [2.45, 2.75) is 26.2 Å². The highest BCUT2D eigenvalue weighted by atomic mass is 16.5. The van der Waals surface area contributed by atoms with Crippen LogP contribution in [-0.4, -0.2) is 19.5 Å². The Balaban J connectivity index is 3.30. The highest BCUT2D eigenvalue weighted by molar-refractivity contribution is 5.89. The quantitative estimate of drug-likeness (QED) is 0.434. The lowest BCUT2D eigenvalue weighted by atomic mass is 10.2. The van der Waals surface area contributed by atoms with Gasteiger partial charge in [0.2, 0.25) is 0 Å². The predicted octanol–water partition coefficient (Wildman–Crippen LogP) is 1.95. The molecule has 0 spiro atoms. The molecule has 0 N–H and O–H groups in total. The van der Waals surface area contributed by atoms with Crippen LogP contribution in [0.1, 0.15) is 26.2 Å². The first-order valence-corrected chi connectivity index (χ1v) is 3.99. The van der Waals surface area contributed by atoms with E-state index in [4.69, 9.17) is 4.74 Å². The molecule has 0 saturated carbocycles. The van der Waals surface area contributed by atoms with Gasteiger partial charge in [0.15, 0.2) is 5.78 Å². The molecule has 2 nitrogen and oxygen atoms in total. The van der Waals surface area contributed by atoms with E-state index in [1.165, 1.54) is 0 Å². The van der Waals surface area contributed by atoms with Gasteiger partial charge in [0.25, 0.3) is 0 Å². The molecule has 0 unspecified atom stereocenters. The first kappa shape index (κ1) is 10.4. The summed E-state index contributed by atoms with van der Waals surface area (Å²) in [6, 6.07) is 0. The zero-order chi connectivity index (χ0) is 8.53. The zero-order valence-electron chi connectivity index (χ0n) is 7.30. The lowest BCUT2D eigenvalue weighted by Gasteiger charge is -1.94. The van der Waals surface area contributed by atoms with Gasteiger partial charge in [-0.05, 0) is 18.9 Å². The molecule has 0 rings (SSSR count). The second kappa shape index (κ2) is 7.48. The molecule has 0 aliphatic carbocycles. The fourth-order valence-electron chi connectivity index (χ4n) is 0.723. The largest absolute Gasteiger partial charge is 0.385 e. The van der Waals surface area contributed by atoms with Gasteiger partial charge in [-0.3, -0.25) is 4.79 Å². The Bertz CT molecular complexity index is 128. The van der Waals surface area contributed by atoms with Crippen molar-refractivity contribution in [1.29, 1.82) is 0 Å². The number of rotatable bonds is 6. The third kappa shape index (κ3) is 7.26. The maximum absolute atomic E-state index is 10.9. The molecule has 0 aliphatic rings. The number of methoxy groups -OCH3 is 1. The number of carbonyl (C=O) groups is 1. The second-order valence-corrected chi connectivity index (χ2v) is 2.37. The molecule has 0 bridgehead atoms. The normalized spacial score (nSPS) is 10.7. The van der Waals surface area contributed by atoms with Gasteiger partial charge < -0.3 is 4.74 Å². The van der Waals surface area contributed by atoms with Crippen LogP contribution in [0, 0.1) is 0 Å². The van der Waals surface area contributed by atoms with Crippen molar-refractivity contribution in [3.8, 4) is 0 Å². The van der Waals surface area contributed by atoms with E-state index >= 15 is 0 Å². The number of allylic oxidation sites excluding steroid dienone is 2. The van der Waals surface area contributed by atoms with E-state index in [2.05, 4.69) is 0 Å². The van der Waals surface area contributed by atoms with Gasteiger partial charge in [-0.2, -0.15) is 0 Å². The van der Waals surface area contributed by atoms with Crippen LogP contribution in [0.5, 0.6) is 0 Å². The van der Waals surface area contributed by atoms with Crippen molar-refractivity contribution in [2.75, 3.05) is 13.7 Å². The fourth-order valence-corrected chi connectivity index (χ4v) is 0.723. The number of ether oxygens (including phenoxy) is 1. The summed E-state index contributed by atoms with van der Waals surface area (Å²) in [6.45, 7) is 2.69. The second-order valence-electron chi connectivity index (χ2n) is 2.37. The van der Waals surface area contributed by atoms with Gasteiger partial charge in [-0.15, -0.1) is 0 Å². The fraction of sp³-hybridized carbons (Fsp3) is 0.667. The van der Waals surface area contributed by atoms with Crippen LogP contribution in [0.4, 0.5) is 0 Å². The molecule has 2 heteroatoms. The van der Waals surface area contributed by atoms with Crippen LogP contribution in [-0.2, 0) is 9.53 Å². The summed E-state index contributed by atoms with van der Waals surface area (Å²) in [7, 11) is 1.65. The first-order chi connectivity index (χ1) is 5.31. The average Bonchev–Trinajstić information content (AvgIpc) is 2.01. The monoisotopic (exact) mass is 156 g/mol. The van der Waals surface area contributed by atoms with Crippen LogP contribution in [0.2, 0.25) is 0 Å². The van der Waals surface area contributed by atoms with E-state index in [1.54, 1.807) is 13.2 Å². The third-order valence-electron chi connectivity index (χ3n) is 1.31. The maximum Gasteiger partial charge on any atom is 0.155 e. The van der Waals surface area contributed by atoms with Crippen LogP contribution >= 0.6 is 0 Å². The molecule has 11 heavy (non-hydrogen) atoms. The standard InChI is InChI=1S/C9H16O2/c1-3-4-6-9(10)7-5-8-11-2/h4,6H,3,5,7-8H2,1-2H3/b6-4+. The van der Waals surface area contributed by atoms with Gasteiger partial charge in [-0.25, -0.2) is 0 Å². The molecule has 0 atom stereocenters. The van der Waals surface area contributed by atoms with E-state index in [0.29, 0.717) is 13.0 Å². The summed E-state index contributed by atoms with van der Waals surface area (Å²) in [5.41, 5.74) is 0. The molecule has 0 radical (unpaired) electrons. The Labute approximate surface area is 68.2 Å². The smallest absolute Gasteiger partial charge is 0.155 e. The Morgan fingerprint density at radius 2 is 2.27 bits per heavy atom. The molecule has 64 valence electrons. The van der Waals surface area contributed by atoms with Gasteiger partial charge in [0.05, 0.1) is 0 Å². The molecule has 0 aliphatic heterocycles. The topological polar surface area (TPSA) is 26.3 Å². The molecular weight excluding hydrogens is 140 g/mol. The molecule has 0 aromatic heterocycles. The molecule has 0 aromatic carbocycles.